The summed E-state index contributed by atoms with van der Waals surface area (Å²) in [6.45, 7) is 0. The fourth-order valence-corrected chi connectivity index (χ4v) is 5.55. The zero-order valence-corrected chi connectivity index (χ0v) is 21.3. The van der Waals surface area contributed by atoms with E-state index in [9.17, 15) is 13.7 Å². The molecule has 3 heterocycles. The highest BCUT2D eigenvalue weighted by molar-refractivity contribution is 7.93. The molecule has 2 aromatic carbocycles. The van der Waals surface area contributed by atoms with E-state index in [1.807, 2.05) is 42.5 Å². The first-order valence-corrected chi connectivity index (χ1v) is 13.5. The summed E-state index contributed by atoms with van der Waals surface area (Å²) < 4.78 is 34.0. The zero-order valence-electron chi connectivity index (χ0n) is 18.9. The lowest BCUT2D eigenvalue weighted by Gasteiger charge is -2.15. The van der Waals surface area contributed by atoms with Crippen LogP contribution in [0.4, 0.5) is 5.13 Å². The smallest absolute Gasteiger partial charge is 0.263 e. The Morgan fingerprint density at radius 2 is 1.78 bits per heavy atom. The van der Waals surface area contributed by atoms with Crippen molar-refractivity contribution in [3.63, 3.8) is 0 Å². The van der Waals surface area contributed by atoms with Gasteiger partial charge in [0.15, 0.2) is 10.9 Å². The molecular formula is C26H16ClN5O3S2. The van der Waals surface area contributed by atoms with Crippen molar-refractivity contribution in [2.45, 2.75) is 4.90 Å². The molecule has 0 aliphatic carbocycles. The third-order valence-corrected chi connectivity index (χ3v) is 7.71. The molecular weight excluding hydrogens is 530 g/mol. The molecule has 1 N–H and O–H groups in total. The van der Waals surface area contributed by atoms with Crippen LogP contribution in [-0.2, 0) is 10.0 Å². The van der Waals surface area contributed by atoms with Crippen molar-refractivity contribution in [2.75, 3.05) is 4.72 Å². The van der Waals surface area contributed by atoms with Gasteiger partial charge < -0.3 is 4.74 Å². The summed E-state index contributed by atoms with van der Waals surface area (Å²) in [4.78, 5) is 12.4. The van der Waals surface area contributed by atoms with Gasteiger partial charge in [0.2, 0.25) is 0 Å². The number of nitrogens with zero attached hydrogens (tertiary/aromatic N) is 4. The van der Waals surface area contributed by atoms with E-state index < -0.39 is 10.0 Å². The number of nitrogens with one attached hydrogen (secondary N) is 1. The predicted octanol–water partition coefficient (Wildman–Crippen LogP) is 6.39. The topological polar surface area (TPSA) is 118 Å². The number of thiazole rings is 1. The van der Waals surface area contributed by atoms with E-state index in [-0.39, 0.29) is 21.3 Å². The lowest BCUT2D eigenvalue weighted by molar-refractivity contribution is 0.480. The zero-order chi connectivity index (χ0) is 25.8. The molecule has 0 fully saturated rings. The number of hydrogen-bond donors (Lipinski definition) is 1. The summed E-state index contributed by atoms with van der Waals surface area (Å²) in [6, 6.07) is 19.3. The molecule has 0 bridgehead atoms. The lowest BCUT2D eigenvalue weighted by Crippen LogP contribution is -2.13. The van der Waals surface area contributed by atoms with Gasteiger partial charge >= 0.3 is 0 Å². The summed E-state index contributed by atoms with van der Waals surface area (Å²) in [6.07, 6.45) is 6.18. The van der Waals surface area contributed by atoms with Crippen LogP contribution in [0.1, 0.15) is 5.56 Å². The average molecular weight is 546 g/mol. The first kappa shape index (κ1) is 24.4. The normalized spacial score (nSPS) is 11.0. The second kappa shape index (κ2) is 10.4. The Hall–Kier alpha value is -4.30. The van der Waals surface area contributed by atoms with Crippen molar-refractivity contribution >= 4 is 38.1 Å². The highest BCUT2D eigenvalue weighted by atomic mass is 35.5. The van der Waals surface area contributed by atoms with Gasteiger partial charge in [-0.15, -0.1) is 11.3 Å². The van der Waals surface area contributed by atoms with E-state index in [2.05, 4.69) is 19.7 Å². The van der Waals surface area contributed by atoms with Crippen LogP contribution in [0, 0.1) is 11.3 Å². The largest absolute Gasteiger partial charge is 0.454 e. The van der Waals surface area contributed by atoms with Crippen LogP contribution in [0.2, 0.25) is 5.02 Å². The molecule has 5 rings (SSSR count). The maximum Gasteiger partial charge on any atom is 0.263 e. The summed E-state index contributed by atoms with van der Waals surface area (Å²) in [5.41, 5.74) is 2.93. The Bertz CT molecular complexity index is 1720. The third kappa shape index (κ3) is 5.29. The monoisotopic (exact) mass is 545 g/mol. The van der Waals surface area contributed by atoms with Crippen molar-refractivity contribution < 1.29 is 13.2 Å². The van der Waals surface area contributed by atoms with Crippen LogP contribution in [-0.4, -0.2) is 23.4 Å². The molecule has 0 radical (unpaired) electrons. The first-order chi connectivity index (χ1) is 17.9. The molecule has 0 unspecified atom stereocenters. The van der Waals surface area contributed by atoms with Crippen LogP contribution in [0.15, 0.2) is 95.7 Å². The van der Waals surface area contributed by atoms with E-state index in [1.54, 1.807) is 23.8 Å². The van der Waals surface area contributed by atoms with Crippen molar-refractivity contribution in [2.24, 2.45) is 0 Å². The minimum Gasteiger partial charge on any atom is -0.454 e. The number of anilines is 1. The third-order valence-electron chi connectivity index (χ3n) is 5.26. The molecule has 8 nitrogen and oxygen atoms in total. The molecule has 182 valence electrons. The Morgan fingerprint density at radius 1 is 0.946 bits per heavy atom. The van der Waals surface area contributed by atoms with E-state index in [0.29, 0.717) is 27.6 Å². The van der Waals surface area contributed by atoms with Crippen LogP contribution in [0.25, 0.3) is 22.4 Å². The number of benzene rings is 2. The molecule has 0 saturated carbocycles. The average Bonchev–Trinajstić information content (AvgIpc) is 3.42. The van der Waals surface area contributed by atoms with Crippen molar-refractivity contribution in [1.82, 2.24) is 15.0 Å². The fraction of sp³-hybridized carbons (Fsp3) is 0. The number of sulfonamides is 1. The van der Waals surface area contributed by atoms with E-state index in [0.717, 1.165) is 16.9 Å². The van der Waals surface area contributed by atoms with Gasteiger partial charge in [-0.2, -0.15) is 5.26 Å². The van der Waals surface area contributed by atoms with Gasteiger partial charge in [0.1, 0.15) is 11.8 Å². The molecule has 0 aliphatic rings. The Labute approximate surface area is 221 Å². The summed E-state index contributed by atoms with van der Waals surface area (Å²) in [7, 11) is -3.94. The van der Waals surface area contributed by atoms with Gasteiger partial charge in [-0.25, -0.2) is 13.4 Å². The van der Waals surface area contributed by atoms with Crippen LogP contribution >= 0.6 is 22.9 Å². The Morgan fingerprint density at radius 3 is 2.51 bits per heavy atom. The highest BCUT2D eigenvalue weighted by Gasteiger charge is 2.20. The van der Waals surface area contributed by atoms with E-state index in [1.165, 1.54) is 30.6 Å². The molecule has 3 aromatic heterocycles. The lowest BCUT2D eigenvalue weighted by atomic mass is 10.0. The highest BCUT2D eigenvalue weighted by Crippen LogP contribution is 2.39. The number of aromatic nitrogens is 3. The summed E-state index contributed by atoms with van der Waals surface area (Å²) in [5.74, 6) is 0.497. The van der Waals surface area contributed by atoms with Crippen molar-refractivity contribution in [3.8, 4) is 40.0 Å². The second-order valence-corrected chi connectivity index (χ2v) is 10.6. The molecule has 0 aliphatic heterocycles. The van der Waals surface area contributed by atoms with Crippen molar-refractivity contribution in [3.05, 3.63) is 101 Å². The molecule has 0 saturated heterocycles. The predicted molar refractivity (Wildman–Crippen MR) is 142 cm³/mol. The standard InChI is InChI=1S/C26H16ClN5O3S2/c27-22-15-29-9-8-20(22)21-13-23(17-4-2-1-3-5-17)31-16-25(21)35-24-7-6-19(12-18(24)14-28)37(33,34)32-26-30-10-11-36-26/h1-13,15-16H,(H,30,32). The summed E-state index contributed by atoms with van der Waals surface area (Å²) in [5, 5.41) is 12.1. The van der Waals surface area contributed by atoms with Crippen molar-refractivity contribution in [1.29, 1.82) is 5.26 Å². The molecule has 37 heavy (non-hydrogen) atoms. The van der Waals surface area contributed by atoms with Gasteiger partial charge in [0.05, 0.1) is 27.4 Å². The molecule has 0 atom stereocenters. The number of pyridine rings is 2. The fourth-order valence-electron chi connectivity index (χ4n) is 3.51. The quantitative estimate of drug-likeness (QED) is 0.252. The molecule has 0 spiro atoms. The van der Waals surface area contributed by atoms with Gasteiger partial charge in [0, 0.05) is 40.7 Å². The number of nitriles is 1. The van der Waals surface area contributed by atoms with Gasteiger partial charge in [0.25, 0.3) is 10.0 Å². The minimum absolute atomic E-state index is 0.0286. The number of halogens is 1. The second-order valence-electron chi connectivity index (χ2n) is 7.60. The Balaban J connectivity index is 1.54. The number of ether oxygens (including phenoxy) is 1. The SMILES string of the molecule is N#Cc1cc(S(=O)(=O)Nc2nccs2)ccc1Oc1cnc(-c2ccccc2)cc1-c1ccncc1Cl. The Kier molecular flexibility index (Phi) is 6.83. The minimum atomic E-state index is -3.94. The molecule has 0 amide bonds. The molecule has 5 aromatic rings. The maximum atomic E-state index is 12.8. The van der Waals surface area contributed by atoms with Crippen LogP contribution in [0.3, 0.4) is 0 Å². The summed E-state index contributed by atoms with van der Waals surface area (Å²) >= 11 is 7.60. The number of rotatable bonds is 7. The van der Waals surface area contributed by atoms with Gasteiger partial charge in [-0.3, -0.25) is 14.7 Å². The van der Waals surface area contributed by atoms with E-state index >= 15 is 0 Å². The van der Waals surface area contributed by atoms with Gasteiger partial charge in [-0.1, -0.05) is 41.9 Å². The van der Waals surface area contributed by atoms with Crippen LogP contribution < -0.4 is 9.46 Å². The van der Waals surface area contributed by atoms with E-state index in [4.69, 9.17) is 16.3 Å². The maximum absolute atomic E-state index is 12.8. The first-order valence-electron chi connectivity index (χ1n) is 10.7. The van der Waals surface area contributed by atoms with Gasteiger partial charge in [-0.05, 0) is 30.3 Å². The van der Waals surface area contributed by atoms with Crippen LogP contribution in [0.5, 0.6) is 11.5 Å². The number of hydrogen-bond acceptors (Lipinski definition) is 8. The molecule has 11 heteroatoms.